The normalized spacial score (nSPS) is 13.8. The number of hydrogen-bond donors (Lipinski definition) is 3. The van der Waals surface area contributed by atoms with E-state index in [4.69, 9.17) is 16.3 Å². The standard InChI is InChI=1S/C19H24ClN9O4/c1-19(2,3)33-18(32)29-6-4-28(5-7-29)17-23-10-13(11-24-17)25-14(30)15(31)26-27-16-21-8-12(20)9-22-16/h8-11H,4-7H2,1-3H3,(H,25,30)(H,26,31)(H,21,22,27). The van der Waals surface area contributed by atoms with Crippen molar-refractivity contribution in [2.24, 2.45) is 0 Å². The molecule has 0 atom stereocenters. The van der Waals surface area contributed by atoms with Crippen molar-refractivity contribution in [3.05, 3.63) is 29.8 Å². The van der Waals surface area contributed by atoms with Crippen LogP contribution >= 0.6 is 11.6 Å². The average Bonchev–Trinajstić information content (AvgIpc) is 2.78. The predicted molar refractivity (Wildman–Crippen MR) is 119 cm³/mol. The van der Waals surface area contributed by atoms with E-state index in [1.54, 1.807) is 4.90 Å². The summed E-state index contributed by atoms with van der Waals surface area (Å²) in [5.74, 6) is -1.38. The van der Waals surface area contributed by atoms with E-state index in [0.717, 1.165) is 0 Å². The molecule has 1 aliphatic rings. The summed E-state index contributed by atoms with van der Waals surface area (Å²) in [7, 11) is 0. The maximum Gasteiger partial charge on any atom is 0.410 e. The van der Waals surface area contributed by atoms with E-state index in [0.29, 0.717) is 37.1 Å². The quantitative estimate of drug-likeness (QED) is 0.430. The van der Waals surface area contributed by atoms with Crippen LogP contribution in [0.4, 0.5) is 22.4 Å². The lowest BCUT2D eigenvalue weighted by Gasteiger charge is -2.35. The van der Waals surface area contributed by atoms with Gasteiger partial charge >= 0.3 is 17.9 Å². The minimum atomic E-state index is -0.962. The first kappa shape index (κ1) is 23.9. The molecule has 176 valence electrons. The summed E-state index contributed by atoms with van der Waals surface area (Å²) in [5, 5.41) is 2.73. The zero-order chi connectivity index (χ0) is 24.0. The lowest BCUT2D eigenvalue weighted by atomic mass is 10.2. The molecule has 14 heteroatoms. The van der Waals surface area contributed by atoms with E-state index in [1.165, 1.54) is 24.8 Å². The van der Waals surface area contributed by atoms with Gasteiger partial charge in [-0.1, -0.05) is 11.6 Å². The summed E-state index contributed by atoms with van der Waals surface area (Å²) in [6, 6.07) is 0. The Bertz CT molecular complexity index is 988. The molecule has 0 bridgehead atoms. The molecule has 0 aromatic carbocycles. The van der Waals surface area contributed by atoms with Crippen molar-refractivity contribution in [3.8, 4) is 0 Å². The summed E-state index contributed by atoms with van der Waals surface area (Å²) in [5.41, 5.74) is 4.26. The molecule has 33 heavy (non-hydrogen) atoms. The number of nitrogens with one attached hydrogen (secondary N) is 3. The second-order valence-corrected chi connectivity index (χ2v) is 8.42. The second-order valence-electron chi connectivity index (χ2n) is 7.98. The van der Waals surface area contributed by atoms with Crippen LogP contribution < -0.4 is 21.1 Å². The number of hydrogen-bond acceptors (Lipinski definition) is 10. The van der Waals surface area contributed by atoms with Gasteiger partial charge in [-0.05, 0) is 20.8 Å². The number of halogens is 1. The lowest BCUT2D eigenvalue weighted by molar-refractivity contribution is -0.135. The first-order valence-corrected chi connectivity index (χ1v) is 10.4. The van der Waals surface area contributed by atoms with Crippen LogP contribution in [-0.4, -0.2) is 74.5 Å². The molecule has 0 spiro atoms. The Balaban J connectivity index is 1.46. The number of anilines is 3. The van der Waals surface area contributed by atoms with Gasteiger partial charge in [-0.25, -0.2) is 24.7 Å². The van der Waals surface area contributed by atoms with Crippen LogP contribution in [0.1, 0.15) is 20.8 Å². The Labute approximate surface area is 194 Å². The number of ether oxygens (including phenoxy) is 1. The van der Waals surface area contributed by atoms with Gasteiger partial charge in [0, 0.05) is 26.2 Å². The van der Waals surface area contributed by atoms with E-state index in [-0.39, 0.29) is 17.7 Å². The van der Waals surface area contributed by atoms with E-state index >= 15 is 0 Å². The molecule has 0 unspecified atom stereocenters. The van der Waals surface area contributed by atoms with Gasteiger partial charge < -0.3 is 19.9 Å². The van der Waals surface area contributed by atoms with E-state index < -0.39 is 17.4 Å². The van der Waals surface area contributed by atoms with Gasteiger partial charge in [0.05, 0.1) is 35.5 Å². The summed E-state index contributed by atoms with van der Waals surface area (Å²) >= 11 is 5.68. The molecule has 1 fully saturated rings. The van der Waals surface area contributed by atoms with Crippen LogP contribution in [0.15, 0.2) is 24.8 Å². The fourth-order valence-electron chi connectivity index (χ4n) is 2.70. The highest BCUT2D eigenvalue weighted by molar-refractivity contribution is 6.39. The highest BCUT2D eigenvalue weighted by Crippen LogP contribution is 2.15. The summed E-state index contributed by atoms with van der Waals surface area (Å²) in [6.45, 7) is 7.48. The number of carbonyl (C=O) groups excluding carboxylic acids is 3. The topological polar surface area (TPSA) is 155 Å². The first-order chi connectivity index (χ1) is 15.6. The summed E-state index contributed by atoms with van der Waals surface area (Å²) in [4.78, 5) is 55.8. The van der Waals surface area contributed by atoms with Crippen molar-refractivity contribution in [1.82, 2.24) is 30.3 Å². The third kappa shape index (κ3) is 7.14. The number of nitrogens with zero attached hydrogens (tertiary/aromatic N) is 6. The molecule has 3 amide bonds. The minimum Gasteiger partial charge on any atom is -0.444 e. The van der Waals surface area contributed by atoms with Crippen LogP contribution in [-0.2, 0) is 14.3 Å². The van der Waals surface area contributed by atoms with Gasteiger partial charge in [0.1, 0.15) is 5.60 Å². The molecule has 3 heterocycles. The minimum absolute atomic E-state index is 0.0694. The van der Waals surface area contributed by atoms with E-state index in [9.17, 15) is 14.4 Å². The number of carbonyl (C=O) groups is 3. The van der Waals surface area contributed by atoms with Crippen molar-refractivity contribution >= 4 is 47.1 Å². The number of amides is 3. The maximum atomic E-state index is 12.2. The SMILES string of the molecule is CC(C)(C)OC(=O)N1CCN(c2ncc(NC(=O)C(=O)NNc3ncc(Cl)cn3)cn2)CC1. The van der Waals surface area contributed by atoms with Gasteiger partial charge in [0.15, 0.2) is 0 Å². The van der Waals surface area contributed by atoms with Crippen LogP contribution in [0.5, 0.6) is 0 Å². The molecular weight excluding hydrogens is 454 g/mol. The molecule has 1 aliphatic heterocycles. The van der Waals surface area contributed by atoms with Gasteiger partial charge in [-0.15, -0.1) is 0 Å². The third-order valence-electron chi connectivity index (χ3n) is 4.22. The van der Waals surface area contributed by atoms with Gasteiger partial charge in [0.2, 0.25) is 11.9 Å². The zero-order valence-corrected chi connectivity index (χ0v) is 19.1. The number of aromatic nitrogens is 4. The Hall–Kier alpha value is -3.74. The van der Waals surface area contributed by atoms with Gasteiger partial charge in [-0.3, -0.25) is 20.4 Å². The largest absolute Gasteiger partial charge is 0.444 e. The van der Waals surface area contributed by atoms with Gasteiger partial charge in [0.25, 0.3) is 0 Å². The molecule has 0 radical (unpaired) electrons. The van der Waals surface area contributed by atoms with Crippen molar-refractivity contribution in [3.63, 3.8) is 0 Å². The maximum absolute atomic E-state index is 12.2. The smallest absolute Gasteiger partial charge is 0.410 e. The molecule has 2 aromatic rings. The van der Waals surface area contributed by atoms with Crippen molar-refractivity contribution in [1.29, 1.82) is 0 Å². The van der Waals surface area contributed by atoms with E-state index in [1.807, 2.05) is 25.7 Å². The van der Waals surface area contributed by atoms with Crippen LogP contribution in [0, 0.1) is 0 Å². The number of rotatable bonds is 4. The molecule has 13 nitrogen and oxygen atoms in total. The number of hydrazine groups is 1. The highest BCUT2D eigenvalue weighted by Gasteiger charge is 2.26. The first-order valence-electron chi connectivity index (χ1n) is 10.0. The Morgan fingerprint density at radius 3 is 2.12 bits per heavy atom. The van der Waals surface area contributed by atoms with Crippen molar-refractivity contribution < 1.29 is 19.1 Å². The monoisotopic (exact) mass is 477 g/mol. The Morgan fingerprint density at radius 1 is 0.939 bits per heavy atom. The summed E-state index contributed by atoms with van der Waals surface area (Å²) in [6.07, 6.45) is 5.10. The van der Waals surface area contributed by atoms with E-state index in [2.05, 4.69) is 36.1 Å². The number of piperazine rings is 1. The van der Waals surface area contributed by atoms with Crippen molar-refractivity contribution in [2.45, 2.75) is 26.4 Å². The lowest BCUT2D eigenvalue weighted by Crippen LogP contribution is -2.50. The molecule has 0 aliphatic carbocycles. The Morgan fingerprint density at radius 2 is 1.55 bits per heavy atom. The molecule has 3 N–H and O–H groups in total. The predicted octanol–water partition coefficient (Wildman–Crippen LogP) is 1.06. The summed E-state index contributed by atoms with van der Waals surface area (Å²) < 4.78 is 5.38. The highest BCUT2D eigenvalue weighted by atomic mass is 35.5. The zero-order valence-electron chi connectivity index (χ0n) is 18.3. The fourth-order valence-corrected chi connectivity index (χ4v) is 2.80. The molecule has 1 saturated heterocycles. The van der Waals surface area contributed by atoms with Crippen LogP contribution in [0.3, 0.4) is 0 Å². The molecule has 2 aromatic heterocycles. The van der Waals surface area contributed by atoms with Crippen molar-refractivity contribution in [2.75, 3.05) is 41.8 Å². The third-order valence-corrected chi connectivity index (χ3v) is 4.42. The fraction of sp³-hybridized carbons (Fsp3) is 0.421. The Kier molecular flexibility index (Phi) is 7.43. The van der Waals surface area contributed by atoms with Crippen LogP contribution in [0.25, 0.3) is 0 Å². The molecule has 0 saturated carbocycles. The molecular formula is C19H24ClN9O4. The van der Waals surface area contributed by atoms with Gasteiger partial charge in [-0.2, -0.15) is 0 Å². The average molecular weight is 478 g/mol. The van der Waals surface area contributed by atoms with Crippen LogP contribution in [0.2, 0.25) is 5.02 Å². The molecule has 3 rings (SSSR count). The second kappa shape index (κ2) is 10.3.